The molecule has 0 fully saturated rings. The summed E-state index contributed by atoms with van der Waals surface area (Å²) in [5.74, 6) is -6.73. The minimum Gasteiger partial charge on any atom is -0.508 e. The second-order valence-corrected chi connectivity index (χ2v) is 7.41. The number of aliphatic hydroxyl groups excluding tert-OH is 1. The van der Waals surface area contributed by atoms with Crippen LogP contribution in [0.2, 0.25) is 0 Å². The number of aliphatic hydroxyl groups is 2. The van der Waals surface area contributed by atoms with Gasteiger partial charge in [-0.3, -0.25) is 14.4 Å². The van der Waals surface area contributed by atoms with Gasteiger partial charge in [0.25, 0.3) is 5.91 Å². The minimum atomic E-state index is -2.72. The smallest absolute Gasteiger partial charge is 0.255 e. The zero-order valence-corrected chi connectivity index (χ0v) is 15.3. The Morgan fingerprint density at radius 3 is 2.48 bits per heavy atom. The van der Waals surface area contributed by atoms with Gasteiger partial charge in [-0.1, -0.05) is 12.1 Å². The SMILES string of the molecule is Cc1c2c(c(O)c3c(O)cccc13)C(=O)C1(O)C(O)=C(C(N)=O)C(=O)C(N)C1C2. The highest BCUT2D eigenvalue weighted by atomic mass is 16.3. The third-order valence-corrected chi connectivity index (χ3v) is 6.04. The summed E-state index contributed by atoms with van der Waals surface area (Å²) < 4.78 is 0. The first-order chi connectivity index (χ1) is 13.5. The van der Waals surface area contributed by atoms with Gasteiger partial charge in [-0.15, -0.1) is 0 Å². The Balaban J connectivity index is 2.10. The molecule has 3 unspecified atom stereocenters. The average Bonchev–Trinajstić information content (AvgIpc) is 2.66. The summed E-state index contributed by atoms with van der Waals surface area (Å²) in [5, 5.41) is 43.1. The lowest BCUT2D eigenvalue weighted by Crippen LogP contribution is -2.64. The number of aromatic hydroxyl groups is 2. The lowest BCUT2D eigenvalue weighted by atomic mass is 9.62. The molecule has 2 aliphatic carbocycles. The fourth-order valence-electron chi connectivity index (χ4n) is 4.51. The number of carbonyl (C=O) groups excluding carboxylic acids is 3. The van der Waals surface area contributed by atoms with Crippen LogP contribution in [0.1, 0.15) is 21.5 Å². The molecule has 0 bridgehead atoms. The van der Waals surface area contributed by atoms with Crippen LogP contribution >= 0.6 is 0 Å². The van der Waals surface area contributed by atoms with E-state index in [1.165, 1.54) is 6.07 Å². The molecule has 9 heteroatoms. The number of rotatable bonds is 1. The van der Waals surface area contributed by atoms with Gasteiger partial charge in [0.05, 0.1) is 17.0 Å². The summed E-state index contributed by atoms with van der Waals surface area (Å²) in [6.45, 7) is 1.67. The molecule has 29 heavy (non-hydrogen) atoms. The molecule has 0 aromatic heterocycles. The highest BCUT2D eigenvalue weighted by Gasteiger charge is 2.61. The third kappa shape index (κ3) is 2.13. The topological polar surface area (TPSA) is 184 Å². The van der Waals surface area contributed by atoms with E-state index in [2.05, 4.69) is 0 Å². The predicted octanol–water partition coefficient (Wildman–Crippen LogP) is -0.147. The van der Waals surface area contributed by atoms with Gasteiger partial charge in [-0.2, -0.15) is 0 Å². The Kier molecular flexibility index (Phi) is 3.77. The molecule has 2 aromatic carbocycles. The van der Waals surface area contributed by atoms with Gasteiger partial charge < -0.3 is 31.9 Å². The lowest BCUT2D eigenvalue weighted by molar-refractivity contribution is -0.127. The predicted molar refractivity (Wildman–Crippen MR) is 100 cm³/mol. The van der Waals surface area contributed by atoms with E-state index in [0.29, 0.717) is 16.5 Å². The second kappa shape index (κ2) is 5.79. The van der Waals surface area contributed by atoms with E-state index in [0.717, 1.165) is 0 Å². The zero-order chi connectivity index (χ0) is 21.4. The quantitative estimate of drug-likeness (QED) is 0.358. The molecule has 0 heterocycles. The van der Waals surface area contributed by atoms with Crippen LogP contribution in [0.4, 0.5) is 0 Å². The summed E-state index contributed by atoms with van der Waals surface area (Å²) in [4.78, 5) is 37.4. The standard InChI is InChI=1S/C20H18N2O7/c1-6-7-3-2-4-10(23)11(7)15(24)12-8(6)5-9-14(21)16(25)13(19(22)28)18(27)20(9,29)17(12)26/h2-4,9,14,23-24,27,29H,5,21H2,1H3,(H2,22,28). The molecule has 4 rings (SSSR count). The van der Waals surface area contributed by atoms with Crippen LogP contribution in [-0.2, 0) is 16.0 Å². The Bertz CT molecular complexity index is 1180. The molecular formula is C20H18N2O7. The molecule has 0 saturated carbocycles. The summed E-state index contributed by atoms with van der Waals surface area (Å²) in [6.07, 6.45) is -0.133. The molecule has 2 aromatic rings. The average molecular weight is 398 g/mol. The van der Waals surface area contributed by atoms with Crippen molar-refractivity contribution in [3.63, 3.8) is 0 Å². The van der Waals surface area contributed by atoms with Crippen molar-refractivity contribution < 1.29 is 34.8 Å². The summed E-state index contributed by atoms with van der Waals surface area (Å²) in [7, 11) is 0. The van der Waals surface area contributed by atoms with Crippen molar-refractivity contribution in [3.05, 3.63) is 46.2 Å². The van der Waals surface area contributed by atoms with Crippen molar-refractivity contribution in [2.75, 3.05) is 0 Å². The number of fused-ring (bicyclic) bond motifs is 3. The summed E-state index contributed by atoms with van der Waals surface area (Å²) >= 11 is 0. The lowest BCUT2D eigenvalue weighted by Gasteiger charge is -2.44. The molecule has 9 nitrogen and oxygen atoms in total. The Labute approximate surface area is 163 Å². The van der Waals surface area contributed by atoms with E-state index < -0.39 is 52.1 Å². The fourth-order valence-corrected chi connectivity index (χ4v) is 4.51. The number of phenols is 2. The first-order valence-corrected chi connectivity index (χ1v) is 8.80. The van der Waals surface area contributed by atoms with Crippen LogP contribution in [0.3, 0.4) is 0 Å². The normalized spacial score (nSPS) is 26.4. The molecule has 150 valence electrons. The van der Waals surface area contributed by atoms with E-state index >= 15 is 0 Å². The Morgan fingerprint density at radius 1 is 1.21 bits per heavy atom. The third-order valence-electron chi connectivity index (χ3n) is 6.04. The van der Waals surface area contributed by atoms with Crippen molar-refractivity contribution in [2.45, 2.75) is 25.0 Å². The van der Waals surface area contributed by atoms with Crippen LogP contribution in [0.25, 0.3) is 10.8 Å². The molecule has 1 amide bonds. The number of ketones is 2. The monoisotopic (exact) mass is 398 g/mol. The van der Waals surface area contributed by atoms with Gasteiger partial charge in [-0.25, -0.2) is 0 Å². The molecule has 0 radical (unpaired) electrons. The summed E-state index contributed by atoms with van der Waals surface area (Å²) in [5.41, 5.74) is 7.99. The maximum absolute atomic E-state index is 13.3. The van der Waals surface area contributed by atoms with Gasteiger partial charge in [-0.05, 0) is 35.9 Å². The number of Topliss-reactive ketones (excluding diaryl/α,β-unsaturated/α-hetero) is 2. The number of hydrogen-bond donors (Lipinski definition) is 6. The molecule has 2 aliphatic rings. The van der Waals surface area contributed by atoms with Crippen LogP contribution in [0.15, 0.2) is 29.5 Å². The first-order valence-electron chi connectivity index (χ1n) is 8.80. The number of carbonyl (C=O) groups is 3. The van der Waals surface area contributed by atoms with Crippen molar-refractivity contribution in [1.82, 2.24) is 0 Å². The number of hydrogen-bond acceptors (Lipinski definition) is 8. The number of amides is 1. The van der Waals surface area contributed by atoms with Crippen molar-refractivity contribution in [2.24, 2.45) is 17.4 Å². The fraction of sp³-hybridized carbons (Fsp3) is 0.250. The number of nitrogens with two attached hydrogens (primary N) is 2. The van der Waals surface area contributed by atoms with E-state index in [9.17, 15) is 34.8 Å². The summed E-state index contributed by atoms with van der Waals surface area (Å²) in [6, 6.07) is 3.07. The highest BCUT2D eigenvalue weighted by molar-refractivity contribution is 6.25. The van der Waals surface area contributed by atoms with Gasteiger partial charge in [0.1, 0.15) is 22.8 Å². The van der Waals surface area contributed by atoms with Crippen molar-refractivity contribution in [1.29, 1.82) is 0 Å². The largest absolute Gasteiger partial charge is 0.508 e. The molecule has 0 spiro atoms. The van der Waals surface area contributed by atoms with Gasteiger partial charge in [0.2, 0.25) is 5.78 Å². The van der Waals surface area contributed by atoms with Crippen LogP contribution < -0.4 is 11.5 Å². The first kappa shape index (κ1) is 18.9. The van der Waals surface area contributed by atoms with Crippen LogP contribution in [0.5, 0.6) is 11.5 Å². The number of aryl methyl sites for hydroxylation is 1. The zero-order valence-electron chi connectivity index (χ0n) is 15.3. The van der Waals surface area contributed by atoms with Gasteiger partial charge in [0.15, 0.2) is 11.4 Å². The van der Waals surface area contributed by atoms with E-state index in [4.69, 9.17) is 11.5 Å². The van der Waals surface area contributed by atoms with Crippen molar-refractivity contribution >= 4 is 28.2 Å². The molecular weight excluding hydrogens is 380 g/mol. The van der Waals surface area contributed by atoms with E-state index in [1.807, 2.05) is 0 Å². The molecule has 3 atom stereocenters. The van der Waals surface area contributed by atoms with Crippen molar-refractivity contribution in [3.8, 4) is 11.5 Å². The van der Waals surface area contributed by atoms with E-state index in [-0.39, 0.29) is 23.1 Å². The highest BCUT2D eigenvalue weighted by Crippen LogP contribution is 2.49. The molecule has 8 N–H and O–H groups in total. The molecule has 0 aliphatic heterocycles. The maximum Gasteiger partial charge on any atom is 0.255 e. The Morgan fingerprint density at radius 2 is 1.86 bits per heavy atom. The van der Waals surface area contributed by atoms with Gasteiger partial charge >= 0.3 is 0 Å². The van der Waals surface area contributed by atoms with Crippen LogP contribution in [-0.4, -0.2) is 49.5 Å². The number of phenolic OH excluding ortho intramolecular Hbond substituents is 2. The molecule has 0 saturated heterocycles. The van der Waals surface area contributed by atoms with Gasteiger partial charge in [0, 0.05) is 5.92 Å². The Hall–Kier alpha value is -3.43. The second-order valence-electron chi connectivity index (χ2n) is 7.41. The maximum atomic E-state index is 13.3. The minimum absolute atomic E-state index is 0.00827. The van der Waals surface area contributed by atoms with Crippen LogP contribution in [0, 0.1) is 12.8 Å². The number of primary amides is 1. The number of benzene rings is 2. The van der Waals surface area contributed by atoms with E-state index in [1.54, 1.807) is 19.1 Å².